The zero-order valence-corrected chi connectivity index (χ0v) is 19.1. The molecule has 0 aromatic heterocycles. The Bertz CT molecular complexity index is 571. The molecule has 27 heavy (non-hydrogen) atoms. The summed E-state index contributed by atoms with van der Waals surface area (Å²) in [6, 6.07) is 0. The molecule has 152 valence electrons. The van der Waals surface area contributed by atoms with E-state index in [9.17, 15) is 0 Å². The summed E-state index contributed by atoms with van der Waals surface area (Å²) in [7, 11) is -1.73. The first kappa shape index (κ1) is 18.8. The molecule has 4 fully saturated rings. The molecule has 5 aliphatic rings. The third-order valence-corrected chi connectivity index (χ3v) is 12.8. The SMILES string of the molecule is CC1=C(O[Si](C)(C)C2C3CCCCC3C3CCCCC32)C2CCCCC2C1. The Hall–Kier alpha value is -0.243. The molecule has 0 aliphatic heterocycles. The highest BCUT2D eigenvalue weighted by molar-refractivity contribution is 6.73. The van der Waals surface area contributed by atoms with Gasteiger partial charge < -0.3 is 4.43 Å². The Balaban J connectivity index is 1.41. The average molecular weight is 387 g/mol. The van der Waals surface area contributed by atoms with Crippen LogP contribution in [-0.2, 0) is 4.43 Å². The maximum atomic E-state index is 7.28. The van der Waals surface area contributed by atoms with Crippen LogP contribution in [-0.4, -0.2) is 8.32 Å². The van der Waals surface area contributed by atoms with Crippen LogP contribution in [0.25, 0.3) is 0 Å². The molecule has 1 nitrogen and oxygen atoms in total. The van der Waals surface area contributed by atoms with Crippen LogP contribution >= 0.6 is 0 Å². The van der Waals surface area contributed by atoms with Gasteiger partial charge in [-0.2, -0.15) is 0 Å². The number of allylic oxidation sites excluding steroid dienone is 2. The normalized spacial score (nSPS) is 44.6. The van der Waals surface area contributed by atoms with E-state index in [2.05, 4.69) is 20.0 Å². The summed E-state index contributed by atoms with van der Waals surface area (Å²) in [6.45, 7) is 7.65. The molecule has 4 saturated carbocycles. The molecule has 5 rings (SSSR count). The highest BCUT2D eigenvalue weighted by Crippen LogP contribution is 2.63. The molecule has 0 aromatic carbocycles. The quantitative estimate of drug-likeness (QED) is 0.452. The lowest BCUT2D eigenvalue weighted by Crippen LogP contribution is -2.43. The van der Waals surface area contributed by atoms with Gasteiger partial charge in [-0.3, -0.25) is 0 Å². The van der Waals surface area contributed by atoms with E-state index in [-0.39, 0.29) is 0 Å². The lowest BCUT2D eigenvalue weighted by Gasteiger charge is -2.42. The maximum Gasteiger partial charge on any atom is 0.248 e. The van der Waals surface area contributed by atoms with Gasteiger partial charge in [-0.1, -0.05) is 51.4 Å². The van der Waals surface area contributed by atoms with E-state index in [1.54, 1.807) is 18.4 Å². The van der Waals surface area contributed by atoms with Gasteiger partial charge in [0.05, 0.1) is 5.76 Å². The Morgan fingerprint density at radius 3 is 1.85 bits per heavy atom. The fourth-order valence-corrected chi connectivity index (χ4v) is 12.7. The molecule has 5 aliphatic carbocycles. The number of hydrogen-bond acceptors (Lipinski definition) is 1. The van der Waals surface area contributed by atoms with Crippen LogP contribution in [0.2, 0.25) is 18.6 Å². The van der Waals surface area contributed by atoms with Gasteiger partial charge in [0.25, 0.3) is 0 Å². The van der Waals surface area contributed by atoms with Crippen molar-refractivity contribution in [2.24, 2.45) is 35.5 Å². The summed E-state index contributed by atoms with van der Waals surface area (Å²) in [5, 5.41) is 0. The fraction of sp³-hybridized carbons (Fsp3) is 0.920. The van der Waals surface area contributed by atoms with Gasteiger partial charge in [0.1, 0.15) is 0 Å². The summed E-state index contributed by atoms with van der Waals surface area (Å²) in [6.07, 6.45) is 19.2. The summed E-state index contributed by atoms with van der Waals surface area (Å²) in [5.41, 5.74) is 2.57. The lowest BCUT2D eigenvalue weighted by molar-refractivity contribution is 0.184. The summed E-state index contributed by atoms with van der Waals surface area (Å²) in [5.74, 6) is 7.37. The first-order chi connectivity index (χ1) is 13.1. The van der Waals surface area contributed by atoms with Crippen molar-refractivity contribution in [3.05, 3.63) is 11.3 Å². The molecule has 0 amide bonds. The Kier molecular flexibility index (Phi) is 5.02. The number of rotatable bonds is 3. The van der Waals surface area contributed by atoms with E-state index in [1.807, 2.05) is 0 Å². The molecule has 0 heterocycles. The van der Waals surface area contributed by atoms with Crippen LogP contribution in [0.4, 0.5) is 0 Å². The largest absolute Gasteiger partial charge is 0.547 e. The van der Waals surface area contributed by atoms with Gasteiger partial charge in [-0.05, 0) is 92.8 Å². The molecule has 0 aromatic rings. The van der Waals surface area contributed by atoms with Crippen molar-refractivity contribution >= 4 is 8.32 Å². The third-order valence-electron chi connectivity index (χ3n) is 9.63. The van der Waals surface area contributed by atoms with E-state index in [1.165, 1.54) is 76.4 Å². The van der Waals surface area contributed by atoms with E-state index in [0.29, 0.717) is 0 Å². The predicted molar refractivity (Wildman–Crippen MR) is 116 cm³/mol. The Morgan fingerprint density at radius 1 is 0.704 bits per heavy atom. The molecule has 0 N–H and O–H groups in total. The van der Waals surface area contributed by atoms with E-state index in [0.717, 1.165) is 41.0 Å². The second kappa shape index (κ2) is 7.22. The molecule has 6 atom stereocenters. The van der Waals surface area contributed by atoms with Crippen molar-refractivity contribution in [2.45, 2.75) is 109 Å². The zero-order chi connectivity index (χ0) is 18.6. The van der Waals surface area contributed by atoms with Crippen LogP contribution in [0.15, 0.2) is 11.3 Å². The third kappa shape index (κ3) is 3.17. The highest BCUT2D eigenvalue weighted by Gasteiger charge is 2.58. The molecule has 0 saturated heterocycles. The fourth-order valence-electron chi connectivity index (χ4n) is 8.80. The van der Waals surface area contributed by atoms with Crippen LogP contribution in [0, 0.1) is 35.5 Å². The van der Waals surface area contributed by atoms with Crippen molar-refractivity contribution in [1.82, 2.24) is 0 Å². The molecule has 0 radical (unpaired) electrons. The number of fused-ring (bicyclic) bond motifs is 4. The second-order valence-electron chi connectivity index (χ2n) is 11.5. The van der Waals surface area contributed by atoms with E-state index >= 15 is 0 Å². The van der Waals surface area contributed by atoms with E-state index < -0.39 is 8.32 Å². The molecule has 6 unspecified atom stereocenters. The topological polar surface area (TPSA) is 9.23 Å². The molecule has 2 heteroatoms. The molecule has 0 spiro atoms. The average Bonchev–Trinajstić information content (AvgIpc) is 3.17. The molecular formula is C25H42OSi. The van der Waals surface area contributed by atoms with Gasteiger partial charge in [0.2, 0.25) is 8.32 Å². The zero-order valence-electron chi connectivity index (χ0n) is 18.1. The van der Waals surface area contributed by atoms with Gasteiger partial charge in [0.15, 0.2) is 0 Å². The van der Waals surface area contributed by atoms with Gasteiger partial charge >= 0.3 is 0 Å². The smallest absolute Gasteiger partial charge is 0.248 e. The van der Waals surface area contributed by atoms with Crippen LogP contribution in [0.1, 0.15) is 90.4 Å². The monoisotopic (exact) mass is 386 g/mol. The minimum Gasteiger partial charge on any atom is -0.547 e. The van der Waals surface area contributed by atoms with Crippen molar-refractivity contribution in [1.29, 1.82) is 0 Å². The lowest BCUT2D eigenvalue weighted by atomic mass is 9.73. The van der Waals surface area contributed by atoms with Crippen molar-refractivity contribution in [3.63, 3.8) is 0 Å². The Labute approximate surface area is 168 Å². The van der Waals surface area contributed by atoms with Crippen LogP contribution in [0.3, 0.4) is 0 Å². The van der Waals surface area contributed by atoms with Gasteiger partial charge in [-0.25, -0.2) is 0 Å². The first-order valence-electron chi connectivity index (χ1n) is 12.4. The predicted octanol–water partition coefficient (Wildman–Crippen LogP) is 7.69. The van der Waals surface area contributed by atoms with Crippen LogP contribution < -0.4 is 0 Å². The van der Waals surface area contributed by atoms with Crippen molar-refractivity contribution in [2.75, 3.05) is 0 Å². The molecular weight excluding hydrogens is 344 g/mol. The van der Waals surface area contributed by atoms with Crippen molar-refractivity contribution in [3.8, 4) is 0 Å². The Morgan fingerprint density at radius 2 is 1.22 bits per heavy atom. The first-order valence-corrected chi connectivity index (χ1v) is 15.4. The molecule has 0 bridgehead atoms. The highest BCUT2D eigenvalue weighted by atomic mass is 28.4. The van der Waals surface area contributed by atoms with Gasteiger partial charge in [0, 0.05) is 5.92 Å². The summed E-state index contributed by atoms with van der Waals surface area (Å²) < 4.78 is 7.28. The maximum absolute atomic E-state index is 7.28. The standard InChI is InChI=1S/C25H42OSi/c1-17-16-18-10-4-5-11-19(18)24(17)26-27(2,3)25-22-14-8-6-12-20(22)21-13-7-9-15-23(21)25/h18-23,25H,4-16H2,1-3H3. The summed E-state index contributed by atoms with van der Waals surface area (Å²) >= 11 is 0. The number of hydrogen-bond donors (Lipinski definition) is 0. The minimum atomic E-state index is -1.73. The minimum absolute atomic E-state index is 0.788. The van der Waals surface area contributed by atoms with Crippen LogP contribution in [0.5, 0.6) is 0 Å². The van der Waals surface area contributed by atoms with E-state index in [4.69, 9.17) is 4.43 Å². The van der Waals surface area contributed by atoms with Gasteiger partial charge in [-0.15, -0.1) is 0 Å². The summed E-state index contributed by atoms with van der Waals surface area (Å²) in [4.78, 5) is 0. The van der Waals surface area contributed by atoms with Crippen molar-refractivity contribution < 1.29 is 4.43 Å². The second-order valence-corrected chi connectivity index (χ2v) is 15.5.